The molecule has 0 unspecified atom stereocenters. The van der Waals surface area contributed by atoms with Crippen LogP contribution in [0, 0.1) is 13.8 Å². The van der Waals surface area contributed by atoms with Crippen molar-refractivity contribution in [1.29, 1.82) is 0 Å². The predicted octanol–water partition coefficient (Wildman–Crippen LogP) is 4.23. The molecule has 0 saturated heterocycles. The standard InChI is InChI=1S/C20H22N4O3/c1-12-5-6-15(9-13(12)2)27-20-18(21)19(22-11-23-20)24-16-10-14(25-3)7-8-17(16)26-4/h5-11H,21H2,1-4H3,(H,22,23,24). The molecule has 3 N–H and O–H groups in total. The number of methoxy groups -OCH3 is 2. The average molecular weight is 366 g/mol. The first-order valence-electron chi connectivity index (χ1n) is 8.36. The van der Waals surface area contributed by atoms with E-state index in [1.165, 1.54) is 11.9 Å². The Morgan fingerprint density at radius 2 is 1.67 bits per heavy atom. The Labute approximate surface area is 158 Å². The Bertz CT molecular complexity index is 960. The molecule has 0 amide bonds. The Balaban J connectivity index is 1.90. The van der Waals surface area contributed by atoms with E-state index in [1.54, 1.807) is 26.4 Å². The van der Waals surface area contributed by atoms with Crippen LogP contribution < -0.4 is 25.3 Å². The molecule has 0 atom stereocenters. The number of anilines is 3. The van der Waals surface area contributed by atoms with Gasteiger partial charge in [0.05, 0.1) is 19.9 Å². The zero-order valence-electron chi connectivity index (χ0n) is 15.7. The van der Waals surface area contributed by atoms with Gasteiger partial charge in [-0.25, -0.2) is 4.98 Å². The Morgan fingerprint density at radius 3 is 2.37 bits per heavy atom. The highest BCUT2D eigenvalue weighted by molar-refractivity contribution is 5.75. The molecule has 0 aliphatic rings. The molecule has 7 heteroatoms. The molecule has 0 radical (unpaired) electrons. The van der Waals surface area contributed by atoms with Crippen LogP contribution in [0.15, 0.2) is 42.7 Å². The van der Waals surface area contributed by atoms with Crippen molar-refractivity contribution in [3.63, 3.8) is 0 Å². The molecule has 3 aromatic rings. The Hall–Kier alpha value is -3.48. The zero-order valence-corrected chi connectivity index (χ0v) is 15.7. The summed E-state index contributed by atoms with van der Waals surface area (Å²) in [4.78, 5) is 8.36. The highest BCUT2D eigenvalue weighted by Gasteiger charge is 2.13. The maximum atomic E-state index is 6.22. The smallest absolute Gasteiger partial charge is 0.248 e. The molecule has 0 fully saturated rings. The third kappa shape index (κ3) is 4.03. The molecule has 3 rings (SSSR count). The molecule has 1 aromatic heterocycles. The topological polar surface area (TPSA) is 91.5 Å². The Kier molecular flexibility index (Phi) is 5.30. The maximum Gasteiger partial charge on any atom is 0.248 e. The van der Waals surface area contributed by atoms with Gasteiger partial charge in [0.15, 0.2) is 5.82 Å². The first-order valence-corrected chi connectivity index (χ1v) is 8.36. The number of aryl methyl sites for hydroxylation is 2. The van der Waals surface area contributed by atoms with Gasteiger partial charge in [0, 0.05) is 6.07 Å². The van der Waals surface area contributed by atoms with E-state index in [1.807, 2.05) is 38.1 Å². The number of ether oxygens (including phenoxy) is 3. The zero-order chi connectivity index (χ0) is 19.4. The summed E-state index contributed by atoms with van der Waals surface area (Å²) in [5.74, 6) is 2.66. The third-order valence-electron chi connectivity index (χ3n) is 4.20. The first kappa shape index (κ1) is 18.3. The van der Waals surface area contributed by atoms with Crippen LogP contribution in [0.5, 0.6) is 23.1 Å². The summed E-state index contributed by atoms with van der Waals surface area (Å²) >= 11 is 0. The van der Waals surface area contributed by atoms with Crippen LogP contribution in [0.2, 0.25) is 0 Å². The summed E-state index contributed by atoms with van der Waals surface area (Å²) in [5.41, 5.74) is 9.49. The van der Waals surface area contributed by atoms with Gasteiger partial charge in [0.2, 0.25) is 5.88 Å². The van der Waals surface area contributed by atoms with Gasteiger partial charge in [-0.15, -0.1) is 0 Å². The molecular formula is C20H22N4O3. The van der Waals surface area contributed by atoms with Gasteiger partial charge in [0.25, 0.3) is 0 Å². The summed E-state index contributed by atoms with van der Waals surface area (Å²) in [6.07, 6.45) is 1.39. The van der Waals surface area contributed by atoms with Gasteiger partial charge in [-0.1, -0.05) is 6.07 Å². The van der Waals surface area contributed by atoms with Crippen LogP contribution in [0.3, 0.4) is 0 Å². The molecule has 0 spiro atoms. The van der Waals surface area contributed by atoms with E-state index >= 15 is 0 Å². The molecule has 2 aromatic carbocycles. The van der Waals surface area contributed by atoms with E-state index in [0.29, 0.717) is 34.4 Å². The van der Waals surface area contributed by atoms with Crippen LogP contribution in [-0.2, 0) is 0 Å². The lowest BCUT2D eigenvalue weighted by atomic mass is 10.1. The quantitative estimate of drug-likeness (QED) is 0.674. The summed E-state index contributed by atoms with van der Waals surface area (Å²) in [6, 6.07) is 11.2. The lowest BCUT2D eigenvalue weighted by Crippen LogP contribution is -2.04. The minimum Gasteiger partial charge on any atom is -0.497 e. The number of hydrogen-bond donors (Lipinski definition) is 2. The summed E-state index contributed by atoms with van der Waals surface area (Å²) in [5, 5.41) is 3.15. The van der Waals surface area contributed by atoms with Crippen LogP contribution in [0.1, 0.15) is 11.1 Å². The van der Waals surface area contributed by atoms with Crippen molar-refractivity contribution < 1.29 is 14.2 Å². The van der Waals surface area contributed by atoms with Crippen molar-refractivity contribution >= 4 is 17.2 Å². The minimum atomic E-state index is 0.276. The van der Waals surface area contributed by atoms with Crippen molar-refractivity contribution in [1.82, 2.24) is 9.97 Å². The predicted molar refractivity (Wildman–Crippen MR) is 105 cm³/mol. The van der Waals surface area contributed by atoms with Gasteiger partial charge in [-0.2, -0.15) is 4.98 Å². The second kappa shape index (κ2) is 7.82. The largest absolute Gasteiger partial charge is 0.497 e. The maximum absolute atomic E-state index is 6.22. The Morgan fingerprint density at radius 1 is 0.889 bits per heavy atom. The van der Waals surface area contributed by atoms with Gasteiger partial charge in [0.1, 0.15) is 29.3 Å². The fraction of sp³-hybridized carbons (Fsp3) is 0.200. The molecule has 0 saturated carbocycles. The molecule has 0 aliphatic carbocycles. The lowest BCUT2D eigenvalue weighted by molar-refractivity contribution is 0.405. The number of nitrogens with zero attached hydrogens (tertiary/aromatic N) is 2. The monoisotopic (exact) mass is 366 g/mol. The van der Waals surface area contributed by atoms with E-state index in [2.05, 4.69) is 15.3 Å². The molecule has 0 bridgehead atoms. The highest BCUT2D eigenvalue weighted by atomic mass is 16.5. The third-order valence-corrected chi connectivity index (χ3v) is 4.20. The van der Waals surface area contributed by atoms with Crippen molar-refractivity contribution in [2.24, 2.45) is 0 Å². The second-order valence-electron chi connectivity index (χ2n) is 5.98. The molecule has 140 valence electrons. The lowest BCUT2D eigenvalue weighted by Gasteiger charge is -2.15. The van der Waals surface area contributed by atoms with Gasteiger partial charge < -0.3 is 25.3 Å². The summed E-state index contributed by atoms with van der Waals surface area (Å²) < 4.78 is 16.5. The number of nitrogen functional groups attached to an aromatic ring is 1. The fourth-order valence-corrected chi connectivity index (χ4v) is 2.49. The SMILES string of the molecule is COc1ccc(OC)c(Nc2ncnc(Oc3ccc(C)c(C)c3)c2N)c1. The molecule has 27 heavy (non-hydrogen) atoms. The van der Waals surface area contributed by atoms with Crippen molar-refractivity contribution in [3.8, 4) is 23.1 Å². The number of hydrogen-bond acceptors (Lipinski definition) is 7. The second-order valence-corrected chi connectivity index (χ2v) is 5.98. The average Bonchev–Trinajstić information content (AvgIpc) is 2.67. The van der Waals surface area contributed by atoms with Crippen molar-refractivity contribution in [3.05, 3.63) is 53.9 Å². The van der Waals surface area contributed by atoms with E-state index < -0.39 is 0 Å². The van der Waals surface area contributed by atoms with Crippen molar-refractivity contribution in [2.75, 3.05) is 25.3 Å². The van der Waals surface area contributed by atoms with Gasteiger partial charge >= 0.3 is 0 Å². The van der Waals surface area contributed by atoms with Crippen LogP contribution in [0.25, 0.3) is 0 Å². The summed E-state index contributed by atoms with van der Waals surface area (Å²) in [7, 11) is 3.19. The molecule has 0 aliphatic heterocycles. The fourth-order valence-electron chi connectivity index (χ4n) is 2.49. The molecule has 1 heterocycles. The van der Waals surface area contributed by atoms with Gasteiger partial charge in [-0.05, 0) is 49.2 Å². The van der Waals surface area contributed by atoms with E-state index in [4.69, 9.17) is 19.9 Å². The number of nitrogens with one attached hydrogen (secondary N) is 1. The van der Waals surface area contributed by atoms with Crippen LogP contribution in [0.4, 0.5) is 17.2 Å². The first-order chi connectivity index (χ1) is 13.0. The highest BCUT2D eigenvalue weighted by Crippen LogP contribution is 2.35. The number of benzene rings is 2. The van der Waals surface area contributed by atoms with E-state index in [0.717, 1.165) is 5.56 Å². The van der Waals surface area contributed by atoms with Gasteiger partial charge in [-0.3, -0.25) is 0 Å². The molecule has 7 nitrogen and oxygen atoms in total. The number of rotatable bonds is 6. The van der Waals surface area contributed by atoms with E-state index in [-0.39, 0.29) is 5.88 Å². The number of nitrogens with two attached hydrogens (primary N) is 1. The van der Waals surface area contributed by atoms with Crippen molar-refractivity contribution in [2.45, 2.75) is 13.8 Å². The normalized spacial score (nSPS) is 10.4. The van der Waals surface area contributed by atoms with E-state index in [9.17, 15) is 0 Å². The van der Waals surface area contributed by atoms with Crippen LogP contribution >= 0.6 is 0 Å². The number of aromatic nitrogens is 2. The minimum absolute atomic E-state index is 0.276. The van der Waals surface area contributed by atoms with Crippen LogP contribution in [-0.4, -0.2) is 24.2 Å². The molecular weight excluding hydrogens is 344 g/mol. The summed E-state index contributed by atoms with van der Waals surface area (Å²) in [6.45, 7) is 4.06.